The second-order valence-corrected chi connectivity index (χ2v) is 8.06. The molecule has 1 aliphatic carbocycles. The van der Waals surface area contributed by atoms with Gasteiger partial charge in [-0.3, -0.25) is 9.59 Å². The molecule has 3 unspecified atom stereocenters. The Labute approximate surface area is 207 Å². The van der Waals surface area contributed by atoms with Crippen LogP contribution in [0.2, 0.25) is 0 Å². The van der Waals surface area contributed by atoms with Crippen molar-refractivity contribution in [2.45, 2.75) is 43.0 Å². The fourth-order valence-corrected chi connectivity index (χ4v) is 4.06. The molecule has 6 nitrogen and oxygen atoms in total. The Bertz CT molecular complexity index is 940. The maximum Gasteiger partial charge on any atom is 0.192 e. The van der Waals surface area contributed by atoms with Crippen LogP contribution < -0.4 is 16.8 Å². The number of ketones is 2. The minimum Gasteiger partial charge on any atom is -0.366 e. The molecule has 1 heterocycles. The largest absolute Gasteiger partial charge is 0.366 e. The molecule has 0 aromatic heterocycles. The predicted molar refractivity (Wildman–Crippen MR) is 131 cm³/mol. The summed E-state index contributed by atoms with van der Waals surface area (Å²) in [6.07, 6.45) is 8.64. The number of allylic oxidation sites excluding steroid dienone is 2. The summed E-state index contributed by atoms with van der Waals surface area (Å²) in [5.41, 5.74) is 11.2. The number of Topliss-reactive ketones (excluding diaryl/α,β-unsaturated/α-hetero) is 2. The number of nitrogens with two attached hydrogens (primary N) is 2. The van der Waals surface area contributed by atoms with E-state index in [0.29, 0.717) is 12.0 Å². The Hall–Kier alpha value is -1.52. The van der Waals surface area contributed by atoms with Crippen LogP contribution in [-0.2, 0) is 4.79 Å². The van der Waals surface area contributed by atoms with Gasteiger partial charge in [0.2, 0.25) is 0 Å². The Morgan fingerprint density at radius 3 is 2.52 bits per heavy atom. The molecule has 0 spiro atoms. The van der Waals surface area contributed by atoms with E-state index in [0.717, 1.165) is 0 Å². The fraction of sp³-hybridized carbons (Fsp3) is 0.333. The summed E-state index contributed by atoms with van der Waals surface area (Å²) in [6.45, 7) is 3.30. The van der Waals surface area contributed by atoms with Gasteiger partial charge in [-0.05, 0) is 44.6 Å². The van der Waals surface area contributed by atoms with Crippen LogP contribution in [-0.4, -0.2) is 39.2 Å². The van der Waals surface area contributed by atoms with Gasteiger partial charge < -0.3 is 21.7 Å². The molecule has 0 saturated heterocycles. The van der Waals surface area contributed by atoms with Crippen LogP contribution in [0.25, 0.3) is 0 Å². The lowest BCUT2D eigenvalue weighted by atomic mass is 9.90. The van der Waals surface area contributed by atoms with Crippen LogP contribution in [0.1, 0.15) is 30.6 Å². The van der Waals surface area contributed by atoms with Gasteiger partial charge in [0.05, 0.1) is 11.6 Å². The highest BCUT2D eigenvalue weighted by molar-refractivity contribution is 8.93. The van der Waals surface area contributed by atoms with Gasteiger partial charge in [-0.25, -0.2) is 4.39 Å². The van der Waals surface area contributed by atoms with Crippen LogP contribution in [0.15, 0.2) is 60.5 Å². The first kappa shape index (κ1) is 27.5. The lowest BCUT2D eigenvalue weighted by molar-refractivity contribution is -0.124. The van der Waals surface area contributed by atoms with Gasteiger partial charge in [-0.15, -0.1) is 34.0 Å². The predicted octanol–water partition coefficient (Wildman–Crippen LogP) is 3.32. The first-order chi connectivity index (χ1) is 13.6. The molecule has 0 amide bonds. The minimum absolute atomic E-state index is 0. The Morgan fingerprint density at radius 1 is 1.26 bits per heavy atom. The van der Waals surface area contributed by atoms with E-state index in [9.17, 15) is 14.0 Å². The van der Waals surface area contributed by atoms with E-state index in [1.165, 1.54) is 18.2 Å². The Balaban J connectivity index is 0.00000240. The molecule has 3 rings (SSSR count). The van der Waals surface area contributed by atoms with Crippen molar-refractivity contribution in [1.82, 2.24) is 10.2 Å². The molecule has 2 aliphatic rings. The van der Waals surface area contributed by atoms with E-state index >= 15 is 0 Å². The standard InChI is InChI=1S/C21H24ClFN4O2.2BrH/c1-13(24)17(28)19(25)20(2)26-10-11-27(20)21(22)9-5-6-14(12-21)18(29)15-7-3-4-8-16(15)23;;/h3-5,7-13,19,26H,6,24-25H2,1-2H3;2*1H/t13-,19?,20?,21?;;/m0../s1. The number of halogens is 4. The topological polar surface area (TPSA) is 101 Å². The van der Waals surface area contributed by atoms with Gasteiger partial charge in [-0.1, -0.05) is 29.8 Å². The number of nitrogens with one attached hydrogen (secondary N) is 1. The highest BCUT2D eigenvalue weighted by Crippen LogP contribution is 2.39. The quantitative estimate of drug-likeness (QED) is 0.207. The van der Waals surface area contributed by atoms with Crippen molar-refractivity contribution < 1.29 is 14.0 Å². The molecule has 0 saturated carbocycles. The third-order valence-corrected chi connectivity index (χ3v) is 5.72. The van der Waals surface area contributed by atoms with Crippen molar-refractivity contribution in [3.05, 3.63) is 71.8 Å². The summed E-state index contributed by atoms with van der Waals surface area (Å²) in [5.74, 6) is -1.36. The first-order valence-corrected chi connectivity index (χ1v) is 9.64. The molecule has 1 aliphatic heterocycles. The van der Waals surface area contributed by atoms with Crippen LogP contribution >= 0.6 is 45.6 Å². The summed E-state index contributed by atoms with van der Waals surface area (Å²) >= 11 is 6.89. The van der Waals surface area contributed by atoms with Gasteiger partial charge in [0.15, 0.2) is 16.6 Å². The molecular formula is C21H26Br2ClFN4O2. The summed E-state index contributed by atoms with van der Waals surface area (Å²) in [4.78, 5) is 25.7. The van der Waals surface area contributed by atoms with Gasteiger partial charge in [0, 0.05) is 18.0 Å². The average Bonchev–Trinajstić information content (AvgIpc) is 3.10. The fourth-order valence-electron chi connectivity index (χ4n) is 3.60. The van der Waals surface area contributed by atoms with Crippen molar-refractivity contribution in [1.29, 1.82) is 0 Å². The lowest BCUT2D eigenvalue weighted by Gasteiger charge is -2.47. The second kappa shape index (κ2) is 10.4. The smallest absolute Gasteiger partial charge is 0.192 e. The number of alkyl halides is 1. The van der Waals surface area contributed by atoms with Gasteiger partial charge >= 0.3 is 0 Å². The summed E-state index contributed by atoms with van der Waals surface area (Å²) in [5, 5.41) is 3.08. The number of rotatable bonds is 6. The molecule has 5 N–H and O–H groups in total. The third-order valence-electron chi connectivity index (χ3n) is 5.31. The monoisotopic (exact) mass is 578 g/mol. The average molecular weight is 581 g/mol. The number of carbonyl (C=O) groups excluding carboxylic acids is 2. The van der Waals surface area contributed by atoms with Crippen molar-refractivity contribution in [3.8, 4) is 0 Å². The van der Waals surface area contributed by atoms with E-state index in [1.54, 1.807) is 55.4 Å². The minimum atomic E-state index is -1.28. The highest BCUT2D eigenvalue weighted by atomic mass is 79.9. The summed E-state index contributed by atoms with van der Waals surface area (Å²) in [6, 6.07) is 4.08. The van der Waals surface area contributed by atoms with Gasteiger partial charge in [0.25, 0.3) is 0 Å². The van der Waals surface area contributed by atoms with E-state index in [4.69, 9.17) is 23.1 Å². The molecule has 1 aromatic carbocycles. The third kappa shape index (κ3) is 5.12. The van der Waals surface area contributed by atoms with Crippen molar-refractivity contribution >= 4 is 57.1 Å². The number of nitrogens with zero attached hydrogens (tertiary/aromatic N) is 1. The SMILES string of the molecule is Br.Br.C[C@H](N)C(=O)C(N)C1(C)NC=CN1C1(Cl)C=CCC(C(=O)c2ccccc2F)=C1. The van der Waals surface area contributed by atoms with Crippen LogP contribution in [0.5, 0.6) is 0 Å². The normalized spacial score (nSPS) is 26.1. The van der Waals surface area contributed by atoms with E-state index in [2.05, 4.69) is 5.32 Å². The highest BCUT2D eigenvalue weighted by Gasteiger charge is 2.50. The molecule has 1 aromatic rings. The van der Waals surface area contributed by atoms with Gasteiger partial charge in [0.1, 0.15) is 17.5 Å². The zero-order valence-electron chi connectivity index (χ0n) is 17.0. The lowest BCUT2D eigenvalue weighted by Crippen LogP contribution is -2.68. The Kier molecular flexibility index (Phi) is 9.23. The van der Waals surface area contributed by atoms with E-state index in [-0.39, 0.29) is 45.3 Å². The Morgan fingerprint density at radius 2 is 1.90 bits per heavy atom. The summed E-state index contributed by atoms with van der Waals surface area (Å²) < 4.78 is 14.1. The number of benzene rings is 1. The van der Waals surface area contributed by atoms with Crippen LogP contribution in [0.3, 0.4) is 0 Å². The van der Waals surface area contributed by atoms with Gasteiger partial charge in [-0.2, -0.15) is 0 Å². The van der Waals surface area contributed by atoms with Crippen LogP contribution in [0, 0.1) is 5.82 Å². The molecule has 4 atom stereocenters. The van der Waals surface area contributed by atoms with Crippen molar-refractivity contribution in [3.63, 3.8) is 0 Å². The van der Waals surface area contributed by atoms with E-state index < -0.39 is 34.3 Å². The first-order valence-electron chi connectivity index (χ1n) is 9.26. The maximum absolute atomic E-state index is 14.1. The second-order valence-electron chi connectivity index (χ2n) is 7.46. The molecule has 0 fully saturated rings. The molecule has 170 valence electrons. The molecule has 0 bridgehead atoms. The molecular weight excluding hydrogens is 555 g/mol. The molecule has 10 heteroatoms. The van der Waals surface area contributed by atoms with Crippen molar-refractivity contribution in [2.24, 2.45) is 11.5 Å². The number of hydrogen-bond acceptors (Lipinski definition) is 6. The number of hydrogen-bond donors (Lipinski definition) is 3. The number of carbonyl (C=O) groups is 2. The summed E-state index contributed by atoms with van der Waals surface area (Å²) in [7, 11) is 0. The maximum atomic E-state index is 14.1. The zero-order chi connectivity index (χ0) is 21.4. The molecule has 0 radical (unpaired) electrons. The van der Waals surface area contributed by atoms with E-state index in [1.807, 2.05) is 0 Å². The van der Waals surface area contributed by atoms with Crippen LogP contribution in [0.4, 0.5) is 4.39 Å². The van der Waals surface area contributed by atoms with Crippen molar-refractivity contribution in [2.75, 3.05) is 0 Å². The molecule has 31 heavy (non-hydrogen) atoms. The zero-order valence-corrected chi connectivity index (χ0v) is 21.2.